The molecule has 28 heavy (non-hydrogen) atoms. The number of hydrogen-bond donors (Lipinski definition) is 4. The van der Waals surface area contributed by atoms with Crippen molar-refractivity contribution in [2.75, 3.05) is 12.3 Å². The number of ether oxygens (including phenoxy) is 1. The maximum atomic E-state index is 10.2. The molecule has 0 aliphatic carbocycles. The van der Waals surface area contributed by atoms with Crippen LogP contribution in [0, 0.1) is 11.8 Å². The normalized spacial score (nSPS) is 22.8. The minimum atomic E-state index is -0.989. The molecule has 1 unspecified atom stereocenters. The van der Waals surface area contributed by atoms with Crippen LogP contribution in [0.25, 0.3) is 11.2 Å². The molecule has 4 rings (SSSR count). The van der Waals surface area contributed by atoms with Gasteiger partial charge in [-0.2, -0.15) is 0 Å². The van der Waals surface area contributed by atoms with E-state index in [4.69, 9.17) is 10.5 Å². The summed E-state index contributed by atoms with van der Waals surface area (Å²) in [5, 5.41) is 29.7. The lowest BCUT2D eigenvalue weighted by Gasteiger charge is -2.16. The Kier molecular flexibility index (Phi) is 4.93. The first-order chi connectivity index (χ1) is 13.6. The highest BCUT2D eigenvalue weighted by Crippen LogP contribution is 2.31. The Balaban J connectivity index is 1.68. The van der Waals surface area contributed by atoms with Crippen LogP contribution in [-0.2, 0) is 4.74 Å². The summed E-state index contributed by atoms with van der Waals surface area (Å²) in [6.07, 6.45) is -1.25. The highest BCUT2D eigenvalue weighted by Gasteiger charge is 2.36. The van der Waals surface area contributed by atoms with Crippen molar-refractivity contribution in [3.8, 4) is 11.8 Å². The van der Waals surface area contributed by atoms with Crippen molar-refractivity contribution in [3.05, 3.63) is 48.0 Å². The fraction of sp³-hybridized carbons (Fsp3) is 0.316. The molecule has 1 saturated heterocycles. The van der Waals surface area contributed by atoms with Gasteiger partial charge in [-0.3, -0.25) is 4.57 Å². The smallest absolute Gasteiger partial charge is 0.209 e. The van der Waals surface area contributed by atoms with E-state index in [1.54, 1.807) is 16.7 Å². The van der Waals surface area contributed by atoms with Gasteiger partial charge in [-0.05, 0) is 11.5 Å². The summed E-state index contributed by atoms with van der Waals surface area (Å²) in [5.74, 6) is 5.67. The zero-order valence-electron chi connectivity index (χ0n) is 14.8. The average molecular weight is 381 g/mol. The number of hydrogen-bond acceptors (Lipinski definition) is 8. The van der Waals surface area contributed by atoms with E-state index >= 15 is 0 Å². The molecule has 9 nitrogen and oxygen atoms in total. The standard InChI is InChI=1S/C19H19N5O4/c20-17-16-18(24(10-21-16)19-14(27)8-12(9-25)28-19)23-15(22-17)7-6-13(26)11-4-2-1-3-5-11/h1-5,10,12-14,19,25-27H,8-9H2,(H2,20,22,23)/t12-,13?,14+,19+/m0/s1. The Bertz CT molecular complexity index is 1040. The summed E-state index contributed by atoms with van der Waals surface area (Å²) < 4.78 is 7.20. The van der Waals surface area contributed by atoms with Crippen LogP contribution < -0.4 is 5.73 Å². The largest absolute Gasteiger partial charge is 0.394 e. The van der Waals surface area contributed by atoms with E-state index in [9.17, 15) is 15.3 Å². The number of nitrogen functional groups attached to an aromatic ring is 1. The summed E-state index contributed by atoms with van der Waals surface area (Å²) in [6, 6.07) is 9.01. The van der Waals surface area contributed by atoms with E-state index in [1.807, 2.05) is 18.2 Å². The van der Waals surface area contributed by atoms with Gasteiger partial charge in [0.15, 0.2) is 17.7 Å². The quantitative estimate of drug-likeness (QED) is 0.470. The van der Waals surface area contributed by atoms with Crippen molar-refractivity contribution in [3.63, 3.8) is 0 Å². The Labute approximate surface area is 160 Å². The summed E-state index contributed by atoms with van der Waals surface area (Å²) >= 11 is 0. The first-order valence-electron chi connectivity index (χ1n) is 8.76. The van der Waals surface area contributed by atoms with E-state index in [0.717, 1.165) is 0 Å². The van der Waals surface area contributed by atoms with Gasteiger partial charge in [-0.1, -0.05) is 36.3 Å². The summed E-state index contributed by atoms with van der Waals surface area (Å²) in [6.45, 7) is -0.189. The molecule has 4 atom stereocenters. The Hall–Kier alpha value is -3.03. The number of aliphatic hydroxyl groups excluding tert-OH is 3. The van der Waals surface area contributed by atoms with Crippen molar-refractivity contribution < 1.29 is 20.1 Å². The van der Waals surface area contributed by atoms with Crippen molar-refractivity contribution in [1.29, 1.82) is 0 Å². The number of nitrogens with zero attached hydrogens (tertiary/aromatic N) is 4. The fourth-order valence-electron chi connectivity index (χ4n) is 3.13. The molecular formula is C19H19N5O4. The van der Waals surface area contributed by atoms with E-state index in [1.165, 1.54) is 6.33 Å². The monoisotopic (exact) mass is 381 g/mol. The molecule has 1 aliphatic rings. The van der Waals surface area contributed by atoms with Gasteiger partial charge in [0.1, 0.15) is 17.7 Å². The van der Waals surface area contributed by atoms with Crippen molar-refractivity contribution >= 4 is 17.0 Å². The molecule has 1 aliphatic heterocycles. The third kappa shape index (κ3) is 3.42. The third-order valence-corrected chi connectivity index (χ3v) is 4.53. The van der Waals surface area contributed by atoms with Crippen LogP contribution in [0.5, 0.6) is 0 Å². The number of nitrogens with two attached hydrogens (primary N) is 1. The minimum absolute atomic E-state index is 0.118. The lowest BCUT2D eigenvalue weighted by atomic mass is 10.1. The number of aromatic nitrogens is 4. The van der Waals surface area contributed by atoms with Crippen LogP contribution in [0.1, 0.15) is 30.1 Å². The molecule has 1 aromatic carbocycles. The molecule has 5 N–H and O–H groups in total. The Morgan fingerprint density at radius 2 is 2.07 bits per heavy atom. The number of aliphatic hydroxyl groups is 3. The SMILES string of the molecule is Nc1nc(C#CC(O)c2ccccc2)nc2c1ncn2[C@@H]1O[C@H](CO)C[C@H]1O. The molecule has 0 bridgehead atoms. The van der Waals surface area contributed by atoms with Gasteiger partial charge in [0, 0.05) is 6.42 Å². The van der Waals surface area contributed by atoms with Crippen molar-refractivity contribution in [2.45, 2.75) is 31.0 Å². The van der Waals surface area contributed by atoms with E-state index < -0.39 is 24.5 Å². The highest BCUT2D eigenvalue weighted by molar-refractivity contribution is 5.82. The van der Waals surface area contributed by atoms with Gasteiger partial charge in [0.25, 0.3) is 0 Å². The molecule has 3 heterocycles. The van der Waals surface area contributed by atoms with Gasteiger partial charge < -0.3 is 25.8 Å². The molecule has 1 fully saturated rings. The molecule has 0 saturated carbocycles. The summed E-state index contributed by atoms with van der Waals surface area (Å²) in [4.78, 5) is 12.7. The maximum Gasteiger partial charge on any atom is 0.209 e. The van der Waals surface area contributed by atoms with E-state index in [0.29, 0.717) is 23.1 Å². The van der Waals surface area contributed by atoms with Crippen LogP contribution >= 0.6 is 0 Å². The lowest BCUT2D eigenvalue weighted by Crippen LogP contribution is -2.19. The van der Waals surface area contributed by atoms with Crippen LogP contribution in [0.2, 0.25) is 0 Å². The Morgan fingerprint density at radius 3 is 2.79 bits per heavy atom. The molecule has 0 amide bonds. The molecule has 2 aromatic heterocycles. The first-order valence-corrected chi connectivity index (χ1v) is 8.76. The molecule has 0 radical (unpaired) electrons. The summed E-state index contributed by atoms with van der Waals surface area (Å²) in [5.41, 5.74) is 7.35. The first kappa shape index (κ1) is 18.3. The van der Waals surface area contributed by atoms with Crippen LogP contribution in [-0.4, -0.2) is 53.7 Å². The van der Waals surface area contributed by atoms with E-state index in [-0.39, 0.29) is 18.2 Å². The second kappa shape index (κ2) is 7.53. The number of benzene rings is 1. The van der Waals surface area contributed by atoms with Gasteiger partial charge in [0.05, 0.1) is 19.0 Å². The second-order valence-electron chi connectivity index (χ2n) is 6.47. The van der Waals surface area contributed by atoms with Crippen LogP contribution in [0.3, 0.4) is 0 Å². The predicted octanol–water partition coefficient (Wildman–Crippen LogP) is 0.134. The van der Waals surface area contributed by atoms with Crippen molar-refractivity contribution in [2.24, 2.45) is 0 Å². The topological polar surface area (TPSA) is 140 Å². The maximum absolute atomic E-state index is 10.2. The number of fused-ring (bicyclic) bond motifs is 1. The molecule has 144 valence electrons. The highest BCUT2D eigenvalue weighted by atomic mass is 16.5. The van der Waals surface area contributed by atoms with E-state index in [2.05, 4.69) is 26.8 Å². The third-order valence-electron chi connectivity index (χ3n) is 4.53. The number of anilines is 1. The van der Waals surface area contributed by atoms with Gasteiger partial charge in [0.2, 0.25) is 5.82 Å². The molecular weight excluding hydrogens is 362 g/mol. The van der Waals surface area contributed by atoms with Crippen molar-refractivity contribution in [1.82, 2.24) is 19.5 Å². The van der Waals surface area contributed by atoms with Crippen LogP contribution in [0.4, 0.5) is 5.82 Å². The zero-order valence-corrected chi connectivity index (χ0v) is 14.8. The number of imidazole rings is 1. The molecule has 0 spiro atoms. The number of rotatable bonds is 3. The average Bonchev–Trinajstić information content (AvgIpc) is 3.30. The Morgan fingerprint density at radius 1 is 1.29 bits per heavy atom. The van der Waals surface area contributed by atoms with Gasteiger partial charge in [-0.15, -0.1) is 0 Å². The zero-order chi connectivity index (χ0) is 19.7. The minimum Gasteiger partial charge on any atom is -0.394 e. The lowest BCUT2D eigenvalue weighted by molar-refractivity contribution is -0.0486. The molecule has 3 aromatic rings. The predicted molar refractivity (Wildman–Crippen MR) is 99.6 cm³/mol. The summed E-state index contributed by atoms with van der Waals surface area (Å²) in [7, 11) is 0. The second-order valence-corrected chi connectivity index (χ2v) is 6.47. The van der Waals surface area contributed by atoms with Gasteiger partial charge >= 0.3 is 0 Å². The van der Waals surface area contributed by atoms with Gasteiger partial charge in [-0.25, -0.2) is 15.0 Å². The van der Waals surface area contributed by atoms with Crippen LogP contribution in [0.15, 0.2) is 36.7 Å². The molecule has 9 heteroatoms. The fourth-order valence-corrected chi connectivity index (χ4v) is 3.13.